The van der Waals surface area contributed by atoms with Crippen LogP contribution in [-0.4, -0.2) is 26.9 Å². The molecule has 0 saturated heterocycles. The third-order valence-corrected chi connectivity index (χ3v) is 9.18. The standard InChI is InChI=1S/C25H29NOSi/c1-5-26(6-2)22-14-18-24(19-15-22)28(3,4)23-16-12-21(13-17-23)25(27)20-10-8-7-9-11-20/h7-19H,5-6H2,1-4H3. The largest absolute Gasteiger partial charge is 0.372 e. The van der Waals surface area contributed by atoms with Gasteiger partial charge in [-0.2, -0.15) is 0 Å². The van der Waals surface area contributed by atoms with Crippen molar-refractivity contribution in [3.8, 4) is 0 Å². The Bertz CT molecular complexity index is 911. The van der Waals surface area contributed by atoms with Crippen molar-refractivity contribution in [2.75, 3.05) is 18.0 Å². The van der Waals surface area contributed by atoms with E-state index in [1.165, 1.54) is 16.1 Å². The molecule has 0 atom stereocenters. The second-order valence-electron chi connectivity index (χ2n) is 7.62. The van der Waals surface area contributed by atoms with Crippen molar-refractivity contribution in [1.82, 2.24) is 0 Å². The number of benzene rings is 3. The molecule has 0 aromatic heterocycles. The Kier molecular flexibility index (Phi) is 6.15. The highest BCUT2D eigenvalue weighted by molar-refractivity contribution is 7.00. The lowest BCUT2D eigenvalue weighted by atomic mass is 10.0. The predicted molar refractivity (Wildman–Crippen MR) is 123 cm³/mol. The minimum atomic E-state index is -1.80. The summed E-state index contributed by atoms with van der Waals surface area (Å²) >= 11 is 0. The van der Waals surface area contributed by atoms with E-state index >= 15 is 0 Å². The van der Waals surface area contributed by atoms with Gasteiger partial charge in [-0.15, -0.1) is 0 Å². The molecule has 144 valence electrons. The van der Waals surface area contributed by atoms with Gasteiger partial charge < -0.3 is 4.90 Å². The van der Waals surface area contributed by atoms with E-state index in [0.717, 1.165) is 24.2 Å². The predicted octanol–water partition coefficient (Wildman–Crippen LogP) is 4.59. The summed E-state index contributed by atoms with van der Waals surface area (Å²) in [5, 5.41) is 2.75. The molecule has 0 spiro atoms. The normalized spacial score (nSPS) is 11.3. The summed E-state index contributed by atoms with van der Waals surface area (Å²) in [6, 6.07) is 26.7. The first-order valence-corrected chi connectivity index (χ1v) is 13.0. The zero-order valence-electron chi connectivity index (χ0n) is 17.3. The van der Waals surface area contributed by atoms with E-state index in [1.807, 2.05) is 42.5 Å². The SMILES string of the molecule is CCN(CC)c1ccc([Si](C)(C)c2ccc(C(=O)c3ccccc3)cc2)cc1. The maximum atomic E-state index is 12.6. The van der Waals surface area contributed by atoms with Gasteiger partial charge in [0.05, 0.1) is 0 Å². The first kappa shape index (κ1) is 20.1. The van der Waals surface area contributed by atoms with Crippen molar-refractivity contribution in [2.45, 2.75) is 26.9 Å². The van der Waals surface area contributed by atoms with Crippen molar-refractivity contribution in [1.29, 1.82) is 0 Å². The molecule has 0 aliphatic heterocycles. The van der Waals surface area contributed by atoms with E-state index in [2.05, 4.69) is 68.2 Å². The van der Waals surface area contributed by atoms with Crippen LogP contribution >= 0.6 is 0 Å². The van der Waals surface area contributed by atoms with Crippen molar-refractivity contribution < 1.29 is 4.79 Å². The molecule has 2 nitrogen and oxygen atoms in total. The number of ketones is 1. The van der Waals surface area contributed by atoms with Crippen LogP contribution < -0.4 is 15.3 Å². The second-order valence-corrected chi connectivity index (χ2v) is 12.0. The van der Waals surface area contributed by atoms with Crippen LogP contribution in [0.4, 0.5) is 5.69 Å². The summed E-state index contributed by atoms with van der Waals surface area (Å²) in [5.74, 6) is 0.0789. The molecule has 0 bridgehead atoms. The molecular formula is C25H29NOSi. The third kappa shape index (κ3) is 4.10. The first-order chi connectivity index (χ1) is 13.5. The van der Waals surface area contributed by atoms with Crippen molar-refractivity contribution in [3.05, 3.63) is 90.0 Å². The zero-order valence-corrected chi connectivity index (χ0v) is 18.3. The van der Waals surface area contributed by atoms with Gasteiger partial charge in [0.25, 0.3) is 0 Å². The average Bonchev–Trinajstić information content (AvgIpc) is 2.75. The molecule has 0 heterocycles. The Morgan fingerprint density at radius 3 is 1.68 bits per heavy atom. The quantitative estimate of drug-likeness (QED) is 0.437. The Morgan fingerprint density at radius 2 is 1.18 bits per heavy atom. The van der Waals surface area contributed by atoms with E-state index in [-0.39, 0.29) is 5.78 Å². The molecular weight excluding hydrogens is 358 g/mol. The molecule has 0 unspecified atom stereocenters. The van der Waals surface area contributed by atoms with Crippen LogP contribution in [-0.2, 0) is 0 Å². The number of carbonyl (C=O) groups is 1. The smallest absolute Gasteiger partial charge is 0.193 e. The summed E-state index contributed by atoms with van der Waals surface area (Å²) < 4.78 is 0. The first-order valence-electron chi connectivity index (χ1n) is 10.0. The number of hydrogen-bond donors (Lipinski definition) is 0. The Labute approximate surface area is 169 Å². The van der Waals surface area contributed by atoms with E-state index in [4.69, 9.17) is 0 Å². The van der Waals surface area contributed by atoms with Gasteiger partial charge >= 0.3 is 0 Å². The Balaban J connectivity index is 1.83. The molecule has 0 amide bonds. The maximum Gasteiger partial charge on any atom is 0.193 e. The number of rotatable bonds is 7. The fourth-order valence-corrected chi connectivity index (χ4v) is 5.97. The molecule has 0 radical (unpaired) electrons. The lowest BCUT2D eigenvalue weighted by molar-refractivity contribution is 0.103. The van der Waals surface area contributed by atoms with E-state index in [0.29, 0.717) is 0 Å². The number of anilines is 1. The summed E-state index contributed by atoms with van der Waals surface area (Å²) in [6.07, 6.45) is 0. The van der Waals surface area contributed by atoms with Crippen LogP contribution in [0.25, 0.3) is 0 Å². The van der Waals surface area contributed by atoms with E-state index in [1.54, 1.807) is 0 Å². The minimum absolute atomic E-state index is 0.0789. The molecule has 0 fully saturated rings. The van der Waals surface area contributed by atoms with Gasteiger partial charge in [0.1, 0.15) is 8.07 Å². The monoisotopic (exact) mass is 387 g/mol. The average molecular weight is 388 g/mol. The van der Waals surface area contributed by atoms with Gasteiger partial charge in [-0.25, -0.2) is 0 Å². The van der Waals surface area contributed by atoms with E-state index < -0.39 is 8.07 Å². The molecule has 0 saturated carbocycles. The van der Waals surface area contributed by atoms with Gasteiger partial charge in [-0.3, -0.25) is 4.79 Å². The molecule has 28 heavy (non-hydrogen) atoms. The van der Waals surface area contributed by atoms with Crippen LogP contribution in [0.3, 0.4) is 0 Å². The van der Waals surface area contributed by atoms with E-state index in [9.17, 15) is 4.79 Å². The lowest BCUT2D eigenvalue weighted by Crippen LogP contribution is -2.52. The number of nitrogens with zero attached hydrogens (tertiary/aromatic N) is 1. The highest BCUT2D eigenvalue weighted by Crippen LogP contribution is 2.15. The molecule has 3 aromatic carbocycles. The van der Waals surface area contributed by atoms with Crippen LogP contribution in [0.15, 0.2) is 78.9 Å². The summed E-state index contributed by atoms with van der Waals surface area (Å²) in [5.41, 5.74) is 2.76. The molecule has 3 rings (SSSR count). The van der Waals surface area contributed by atoms with Crippen molar-refractivity contribution >= 4 is 29.9 Å². The fourth-order valence-electron chi connectivity index (χ4n) is 3.64. The van der Waals surface area contributed by atoms with Gasteiger partial charge in [0.2, 0.25) is 0 Å². The third-order valence-electron chi connectivity index (χ3n) is 5.62. The van der Waals surface area contributed by atoms with Crippen LogP contribution in [0, 0.1) is 0 Å². The molecule has 3 aromatic rings. The Morgan fingerprint density at radius 1 is 0.714 bits per heavy atom. The number of hydrogen-bond acceptors (Lipinski definition) is 2. The second kappa shape index (κ2) is 8.57. The van der Waals surface area contributed by atoms with Crippen molar-refractivity contribution in [2.24, 2.45) is 0 Å². The molecule has 0 aliphatic carbocycles. The topological polar surface area (TPSA) is 20.3 Å². The summed E-state index contributed by atoms with van der Waals surface area (Å²) in [7, 11) is -1.80. The maximum absolute atomic E-state index is 12.6. The molecule has 0 aliphatic rings. The van der Waals surface area contributed by atoms with Crippen LogP contribution in [0.2, 0.25) is 13.1 Å². The highest BCUT2D eigenvalue weighted by atomic mass is 28.3. The van der Waals surface area contributed by atoms with Gasteiger partial charge in [0, 0.05) is 29.9 Å². The summed E-state index contributed by atoms with van der Waals surface area (Å²) in [4.78, 5) is 15.0. The summed E-state index contributed by atoms with van der Waals surface area (Å²) in [6.45, 7) is 11.2. The fraction of sp³-hybridized carbons (Fsp3) is 0.240. The number of carbonyl (C=O) groups excluding carboxylic acids is 1. The van der Waals surface area contributed by atoms with Crippen LogP contribution in [0.5, 0.6) is 0 Å². The Hall–Kier alpha value is -2.65. The van der Waals surface area contributed by atoms with Crippen LogP contribution in [0.1, 0.15) is 29.8 Å². The zero-order chi connectivity index (χ0) is 20.1. The highest BCUT2D eigenvalue weighted by Gasteiger charge is 2.26. The minimum Gasteiger partial charge on any atom is -0.372 e. The van der Waals surface area contributed by atoms with Gasteiger partial charge in [0.15, 0.2) is 5.78 Å². The van der Waals surface area contributed by atoms with Crippen molar-refractivity contribution in [3.63, 3.8) is 0 Å². The molecule has 0 N–H and O–H groups in total. The van der Waals surface area contributed by atoms with Gasteiger partial charge in [-0.1, -0.05) is 90.2 Å². The lowest BCUT2D eigenvalue weighted by Gasteiger charge is -2.26. The van der Waals surface area contributed by atoms with Gasteiger partial charge in [-0.05, 0) is 26.0 Å². The molecule has 3 heteroatoms.